The van der Waals surface area contributed by atoms with E-state index in [-0.39, 0.29) is 5.41 Å². The van der Waals surface area contributed by atoms with Gasteiger partial charge in [0.15, 0.2) is 0 Å². The second kappa shape index (κ2) is 6.19. The summed E-state index contributed by atoms with van der Waals surface area (Å²) in [4.78, 5) is 0.543. The normalized spacial score (nSPS) is 11.6. The molecule has 1 aromatic rings. The van der Waals surface area contributed by atoms with Crippen LogP contribution in [0.5, 0.6) is 5.75 Å². The molecule has 0 saturated carbocycles. The van der Waals surface area contributed by atoms with Crippen molar-refractivity contribution in [2.24, 2.45) is 11.1 Å². The van der Waals surface area contributed by atoms with E-state index in [9.17, 15) is 0 Å². The highest BCUT2D eigenvalue weighted by atomic mass is 32.1. The van der Waals surface area contributed by atoms with E-state index < -0.39 is 0 Å². The smallest absolute Gasteiger partial charge is 0.119 e. The lowest BCUT2D eigenvalue weighted by atomic mass is 9.90. The van der Waals surface area contributed by atoms with E-state index in [1.807, 2.05) is 26.0 Å². The van der Waals surface area contributed by atoms with Crippen LogP contribution in [0.15, 0.2) is 24.3 Å². The number of nitrogens with two attached hydrogens (primary N) is 1. The van der Waals surface area contributed by atoms with Gasteiger partial charge in [0.25, 0.3) is 0 Å². The maximum absolute atomic E-state index is 5.71. The highest BCUT2D eigenvalue weighted by Gasteiger charge is 2.21. The average molecular weight is 265 g/mol. The lowest BCUT2D eigenvalue weighted by molar-refractivity contribution is 0.270. The van der Waals surface area contributed by atoms with Crippen LogP contribution in [0.4, 0.5) is 0 Å². The van der Waals surface area contributed by atoms with E-state index in [0.717, 1.165) is 12.2 Å². The van der Waals surface area contributed by atoms with Gasteiger partial charge in [0, 0.05) is 5.41 Å². The lowest BCUT2D eigenvalue weighted by Gasteiger charge is -2.22. The van der Waals surface area contributed by atoms with E-state index in [2.05, 4.69) is 26.0 Å². The minimum absolute atomic E-state index is 0.146. The van der Waals surface area contributed by atoms with Crippen molar-refractivity contribution in [1.29, 1.82) is 0 Å². The summed E-state index contributed by atoms with van der Waals surface area (Å²) in [7, 11) is 0. The van der Waals surface area contributed by atoms with Gasteiger partial charge in [0.2, 0.25) is 0 Å². The Bertz CT molecular complexity index is 395. The number of thiocarbonyl (C=S) groups is 1. The van der Waals surface area contributed by atoms with Crippen molar-refractivity contribution in [3.8, 4) is 5.75 Å². The van der Waals surface area contributed by atoms with Gasteiger partial charge >= 0.3 is 0 Å². The summed E-state index contributed by atoms with van der Waals surface area (Å²) in [5.41, 5.74) is 6.86. The summed E-state index contributed by atoms with van der Waals surface area (Å²) >= 11 is 5.03. The molecule has 0 radical (unpaired) electrons. The fourth-order valence-electron chi connectivity index (χ4n) is 1.50. The molecule has 0 fully saturated rings. The molecule has 18 heavy (non-hydrogen) atoms. The molecule has 0 saturated heterocycles. The molecule has 0 unspecified atom stereocenters. The monoisotopic (exact) mass is 265 g/mol. The first-order valence-corrected chi connectivity index (χ1v) is 6.76. The van der Waals surface area contributed by atoms with Crippen molar-refractivity contribution < 1.29 is 4.74 Å². The molecule has 0 aromatic heterocycles. The maximum atomic E-state index is 5.71. The van der Waals surface area contributed by atoms with Crippen LogP contribution in [0, 0.1) is 5.41 Å². The number of rotatable bonds is 6. The van der Waals surface area contributed by atoms with Gasteiger partial charge in [-0.25, -0.2) is 0 Å². The first-order chi connectivity index (χ1) is 8.33. The predicted molar refractivity (Wildman–Crippen MR) is 81.2 cm³/mol. The molecule has 0 spiro atoms. The summed E-state index contributed by atoms with van der Waals surface area (Å²) in [6.45, 7) is 9.08. The Morgan fingerprint density at radius 3 is 2.28 bits per heavy atom. The third-order valence-electron chi connectivity index (χ3n) is 3.21. The first kappa shape index (κ1) is 15.0. The van der Waals surface area contributed by atoms with Crippen molar-refractivity contribution in [3.63, 3.8) is 0 Å². The average Bonchev–Trinajstić information content (AvgIpc) is 2.29. The largest absolute Gasteiger partial charge is 0.494 e. The van der Waals surface area contributed by atoms with Crippen LogP contribution in [0.1, 0.15) is 45.6 Å². The molecule has 0 heterocycles. The van der Waals surface area contributed by atoms with Gasteiger partial charge in [-0.15, -0.1) is 0 Å². The summed E-state index contributed by atoms with van der Waals surface area (Å²) in [5, 5.41) is 0. The van der Waals surface area contributed by atoms with Crippen LogP contribution < -0.4 is 10.5 Å². The zero-order chi connectivity index (χ0) is 13.8. The maximum Gasteiger partial charge on any atom is 0.119 e. The fraction of sp³-hybridized carbons (Fsp3) is 0.533. The van der Waals surface area contributed by atoms with Crippen LogP contribution in [-0.2, 0) is 0 Å². The van der Waals surface area contributed by atoms with E-state index in [0.29, 0.717) is 17.5 Å². The second-order valence-corrected chi connectivity index (χ2v) is 6.01. The Kier molecular flexibility index (Phi) is 5.15. The first-order valence-electron chi connectivity index (χ1n) is 6.35. The Morgan fingerprint density at radius 1 is 1.28 bits per heavy atom. The van der Waals surface area contributed by atoms with Crippen molar-refractivity contribution >= 4 is 17.2 Å². The van der Waals surface area contributed by atoms with Crippen LogP contribution >= 0.6 is 12.2 Å². The molecular weight excluding hydrogens is 242 g/mol. The molecule has 3 heteroatoms. The number of ether oxygens (including phenoxy) is 1. The van der Waals surface area contributed by atoms with Crippen LogP contribution in [0.2, 0.25) is 0 Å². The van der Waals surface area contributed by atoms with E-state index in [4.69, 9.17) is 22.7 Å². The van der Waals surface area contributed by atoms with Gasteiger partial charge < -0.3 is 10.5 Å². The predicted octanol–water partition coefficient (Wildman–Crippen LogP) is 3.89. The topological polar surface area (TPSA) is 35.2 Å². The van der Waals surface area contributed by atoms with Gasteiger partial charge in [-0.2, -0.15) is 0 Å². The Labute approximate surface area is 116 Å². The van der Waals surface area contributed by atoms with E-state index in [1.165, 1.54) is 5.56 Å². The third-order valence-corrected chi connectivity index (χ3v) is 3.76. The molecule has 0 aliphatic heterocycles. The van der Waals surface area contributed by atoms with Gasteiger partial charge in [0.05, 0.1) is 11.6 Å². The van der Waals surface area contributed by atoms with Gasteiger partial charge in [-0.3, -0.25) is 0 Å². The molecule has 2 N–H and O–H groups in total. The molecule has 1 aromatic carbocycles. The van der Waals surface area contributed by atoms with Crippen LogP contribution in [0.25, 0.3) is 0 Å². The molecule has 100 valence electrons. The second-order valence-electron chi connectivity index (χ2n) is 5.57. The molecule has 0 amide bonds. The zero-order valence-corrected chi connectivity index (χ0v) is 12.5. The van der Waals surface area contributed by atoms with Gasteiger partial charge in [0.1, 0.15) is 5.75 Å². The van der Waals surface area contributed by atoms with Crippen LogP contribution in [0.3, 0.4) is 0 Å². The third kappa shape index (κ3) is 4.30. The molecule has 0 aliphatic rings. The fourth-order valence-corrected chi connectivity index (χ4v) is 1.60. The summed E-state index contributed by atoms with van der Waals surface area (Å²) in [6.07, 6.45) is 0.828. The summed E-state index contributed by atoms with van der Waals surface area (Å²) < 4.78 is 5.71. The molecule has 0 atom stereocenters. The zero-order valence-electron chi connectivity index (χ0n) is 11.7. The van der Waals surface area contributed by atoms with Crippen molar-refractivity contribution in [2.45, 2.75) is 40.0 Å². The van der Waals surface area contributed by atoms with E-state index >= 15 is 0 Å². The summed E-state index contributed by atoms with van der Waals surface area (Å²) in [6, 6.07) is 8.25. The van der Waals surface area contributed by atoms with Crippen molar-refractivity contribution in [3.05, 3.63) is 29.8 Å². The standard InChI is InChI=1S/C15H23NOS/c1-11(2)12-5-7-13(8-6-12)17-10-9-15(3,4)14(16)18/h5-8,11H,9-10H2,1-4H3,(H2,16,18). The molecule has 0 bridgehead atoms. The minimum Gasteiger partial charge on any atom is -0.494 e. The molecule has 1 rings (SSSR count). The summed E-state index contributed by atoms with van der Waals surface area (Å²) in [5.74, 6) is 1.45. The highest BCUT2D eigenvalue weighted by molar-refractivity contribution is 7.80. The Balaban J connectivity index is 2.47. The van der Waals surface area contributed by atoms with Crippen molar-refractivity contribution in [2.75, 3.05) is 6.61 Å². The van der Waals surface area contributed by atoms with Crippen LogP contribution in [-0.4, -0.2) is 11.6 Å². The molecule has 0 aliphatic carbocycles. The molecular formula is C15H23NOS. The number of benzene rings is 1. The Hall–Kier alpha value is -1.09. The number of hydrogen-bond donors (Lipinski definition) is 1. The quantitative estimate of drug-likeness (QED) is 0.793. The number of hydrogen-bond acceptors (Lipinski definition) is 2. The SMILES string of the molecule is CC(C)c1ccc(OCCC(C)(C)C(N)=S)cc1. The lowest BCUT2D eigenvalue weighted by Crippen LogP contribution is -2.31. The minimum atomic E-state index is -0.146. The highest BCUT2D eigenvalue weighted by Crippen LogP contribution is 2.22. The van der Waals surface area contributed by atoms with Gasteiger partial charge in [-0.1, -0.05) is 52.0 Å². The Morgan fingerprint density at radius 2 is 1.83 bits per heavy atom. The van der Waals surface area contributed by atoms with E-state index in [1.54, 1.807) is 0 Å². The molecule has 2 nitrogen and oxygen atoms in total. The van der Waals surface area contributed by atoms with Gasteiger partial charge in [-0.05, 0) is 30.0 Å². The van der Waals surface area contributed by atoms with Crippen molar-refractivity contribution in [1.82, 2.24) is 0 Å².